The van der Waals surface area contributed by atoms with Gasteiger partial charge in [-0.25, -0.2) is 17.5 Å². The van der Waals surface area contributed by atoms with Crippen LogP contribution in [0.15, 0.2) is 59.6 Å². The summed E-state index contributed by atoms with van der Waals surface area (Å²) in [6.45, 7) is 6.61. The highest BCUT2D eigenvalue weighted by Crippen LogP contribution is 2.64. The van der Waals surface area contributed by atoms with E-state index in [0.717, 1.165) is 28.6 Å². The van der Waals surface area contributed by atoms with Crippen LogP contribution in [0.2, 0.25) is 0 Å². The number of hydrogen-bond donors (Lipinski definition) is 4. The summed E-state index contributed by atoms with van der Waals surface area (Å²) in [6, 6.07) is 12.5. The first-order valence-corrected chi connectivity index (χ1v) is 15.6. The number of aromatic amines is 1. The Morgan fingerprint density at radius 1 is 1.07 bits per heavy atom. The fourth-order valence-corrected chi connectivity index (χ4v) is 8.70. The minimum atomic E-state index is -3.91. The highest BCUT2D eigenvalue weighted by molar-refractivity contribution is 7.89. The van der Waals surface area contributed by atoms with Crippen LogP contribution in [0.5, 0.6) is 0 Å². The summed E-state index contributed by atoms with van der Waals surface area (Å²) < 4.78 is 43.2. The highest BCUT2D eigenvalue weighted by atomic mass is 32.2. The Morgan fingerprint density at radius 3 is 2.55 bits per heavy atom. The lowest BCUT2D eigenvalue weighted by atomic mass is 9.57. The number of halogens is 1. The van der Waals surface area contributed by atoms with Crippen LogP contribution in [-0.4, -0.2) is 42.6 Å². The molecule has 2 saturated carbocycles. The number of sulfonamides is 1. The minimum Gasteiger partial charge on any atom is -0.390 e. The number of aromatic nitrogens is 1. The van der Waals surface area contributed by atoms with Gasteiger partial charge in [-0.2, -0.15) is 0 Å². The molecule has 9 heteroatoms. The van der Waals surface area contributed by atoms with Crippen molar-refractivity contribution >= 4 is 26.8 Å². The lowest BCUT2D eigenvalue weighted by Gasteiger charge is -2.50. The van der Waals surface area contributed by atoms with Gasteiger partial charge in [0, 0.05) is 36.1 Å². The second-order valence-corrected chi connectivity index (χ2v) is 14.5. The SMILES string of the molecule is CC1(C)C[C@H](NS(=O)(=O)c2ccc(F)cc2)[C@@]2(CCC(=O)NCCc3c[nH]c4ccccc34)CC[C@](C)(O)C[C@@H]12. The van der Waals surface area contributed by atoms with Gasteiger partial charge in [0.2, 0.25) is 15.9 Å². The highest BCUT2D eigenvalue weighted by Gasteiger charge is 2.62. The van der Waals surface area contributed by atoms with Gasteiger partial charge in [-0.3, -0.25) is 4.79 Å². The monoisotopic (exact) mass is 569 g/mol. The predicted molar refractivity (Wildman–Crippen MR) is 154 cm³/mol. The molecule has 5 rings (SSSR count). The zero-order chi connectivity index (χ0) is 28.8. The molecule has 0 radical (unpaired) electrons. The van der Waals surface area contributed by atoms with E-state index < -0.39 is 32.9 Å². The second kappa shape index (κ2) is 10.6. The van der Waals surface area contributed by atoms with Crippen molar-refractivity contribution in [2.45, 2.75) is 82.3 Å². The number of carbonyl (C=O) groups excluding carboxylic acids is 1. The van der Waals surface area contributed by atoms with Gasteiger partial charge in [0.15, 0.2) is 0 Å². The summed E-state index contributed by atoms with van der Waals surface area (Å²) >= 11 is 0. The molecule has 0 aliphatic heterocycles. The van der Waals surface area contributed by atoms with Crippen LogP contribution in [0.1, 0.15) is 64.9 Å². The van der Waals surface area contributed by atoms with Gasteiger partial charge in [0.1, 0.15) is 5.82 Å². The lowest BCUT2D eigenvalue weighted by Crippen LogP contribution is -2.52. The van der Waals surface area contributed by atoms with E-state index in [9.17, 15) is 22.7 Å². The smallest absolute Gasteiger partial charge is 0.240 e. The summed E-state index contributed by atoms with van der Waals surface area (Å²) in [5.74, 6) is -0.526. The van der Waals surface area contributed by atoms with Gasteiger partial charge >= 0.3 is 0 Å². The molecule has 1 aromatic heterocycles. The maximum Gasteiger partial charge on any atom is 0.240 e. The average molecular weight is 570 g/mol. The number of aliphatic hydroxyl groups is 1. The van der Waals surface area contributed by atoms with Crippen molar-refractivity contribution in [3.8, 4) is 0 Å². The summed E-state index contributed by atoms with van der Waals surface area (Å²) in [7, 11) is -3.91. The average Bonchev–Trinajstić information content (AvgIpc) is 3.39. The molecule has 2 fully saturated rings. The second-order valence-electron chi connectivity index (χ2n) is 12.8. The minimum absolute atomic E-state index is 0.0168. The van der Waals surface area contributed by atoms with Crippen molar-refractivity contribution in [3.05, 3.63) is 66.1 Å². The molecule has 1 heterocycles. The number of carbonyl (C=O) groups is 1. The fourth-order valence-electron chi connectivity index (χ4n) is 7.38. The largest absolute Gasteiger partial charge is 0.390 e. The Hall–Kier alpha value is -2.75. The van der Waals surface area contributed by atoms with Crippen LogP contribution in [0.3, 0.4) is 0 Å². The normalized spacial score (nSPS) is 27.9. The van der Waals surface area contributed by atoms with Gasteiger partial charge in [-0.15, -0.1) is 0 Å². The fraction of sp³-hybridized carbons (Fsp3) is 0.516. The standard InChI is InChI=1S/C31H40FN3O4S/c1-29(2)19-27(35-40(38,39)23-10-8-22(32)9-11-23)31(16-15-30(3,37)18-26(29)31)14-12-28(36)33-17-13-21-20-34-25-7-5-4-6-24(21)25/h4-11,20,26-27,34-35,37H,12-19H2,1-3H3,(H,33,36)/t26-,27-,30-,31-/m0/s1. The van der Waals surface area contributed by atoms with E-state index in [1.807, 2.05) is 31.3 Å². The molecule has 2 aliphatic rings. The molecule has 3 aromatic rings. The van der Waals surface area contributed by atoms with Crippen LogP contribution in [0.25, 0.3) is 10.9 Å². The molecule has 0 saturated heterocycles. The molecule has 1 amide bonds. The van der Waals surface area contributed by atoms with E-state index in [0.29, 0.717) is 45.1 Å². The van der Waals surface area contributed by atoms with E-state index >= 15 is 0 Å². The summed E-state index contributed by atoms with van der Waals surface area (Å²) in [6.07, 6.45) is 5.79. The van der Waals surface area contributed by atoms with Crippen molar-refractivity contribution in [1.82, 2.24) is 15.0 Å². The summed E-state index contributed by atoms with van der Waals surface area (Å²) in [5.41, 5.74) is 0.661. The molecule has 4 N–H and O–H groups in total. The van der Waals surface area contributed by atoms with E-state index in [-0.39, 0.29) is 28.6 Å². The quantitative estimate of drug-likeness (QED) is 0.289. The first-order valence-electron chi connectivity index (χ1n) is 14.1. The van der Waals surface area contributed by atoms with Gasteiger partial charge in [0.05, 0.1) is 10.5 Å². The Balaban J connectivity index is 1.31. The molecular weight excluding hydrogens is 529 g/mol. The van der Waals surface area contributed by atoms with Crippen LogP contribution >= 0.6 is 0 Å². The van der Waals surface area contributed by atoms with Gasteiger partial charge in [0.25, 0.3) is 0 Å². The number of H-pyrrole nitrogens is 1. The third-order valence-electron chi connectivity index (χ3n) is 9.46. The maximum atomic E-state index is 13.5. The molecule has 4 atom stereocenters. The first kappa shape index (κ1) is 28.8. The first-order chi connectivity index (χ1) is 18.8. The Kier molecular flexibility index (Phi) is 7.61. The van der Waals surface area contributed by atoms with Crippen molar-refractivity contribution in [2.24, 2.45) is 16.7 Å². The van der Waals surface area contributed by atoms with E-state index in [2.05, 4.69) is 34.9 Å². The van der Waals surface area contributed by atoms with Crippen LogP contribution in [0, 0.1) is 22.6 Å². The lowest BCUT2D eigenvalue weighted by molar-refractivity contribution is -0.123. The van der Waals surface area contributed by atoms with Crippen LogP contribution in [-0.2, 0) is 21.2 Å². The van der Waals surface area contributed by atoms with Gasteiger partial charge in [-0.1, -0.05) is 32.0 Å². The van der Waals surface area contributed by atoms with Crippen LogP contribution < -0.4 is 10.0 Å². The van der Waals surface area contributed by atoms with Crippen molar-refractivity contribution in [3.63, 3.8) is 0 Å². The molecule has 2 aliphatic carbocycles. The molecule has 2 aromatic carbocycles. The molecule has 0 unspecified atom stereocenters. The number of rotatable bonds is 9. The third-order valence-corrected chi connectivity index (χ3v) is 11.0. The Bertz CT molecular complexity index is 1480. The molecular formula is C31H40FN3O4S. The van der Waals surface area contributed by atoms with Crippen molar-refractivity contribution in [2.75, 3.05) is 6.54 Å². The van der Waals surface area contributed by atoms with E-state index in [1.54, 1.807) is 0 Å². The topological polar surface area (TPSA) is 111 Å². The van der Waals surface area contributed by atoms with E-state index in [4.69, 9.17) is 0 Å². The Morgan fingerprint density at radius 2 is 1.80 bits per heavy atom. The van der Waals surface area contributed by atoms with Crippen LogP contribution in [0.4, 0.5) is 4.39 Å². The van der Waals surface area contributed by atoms with E-state index in [1.165, 1.54) is 12.1 Å². The molecule has 7 nitrogen and oxygen atoms in total. The van der Waals surface area contributed by atoms with Gasteiger partial charge in [-0.05, 0) is 98.1 Å². The molecule has 40 heavy (non-hydrogen) atoms. The molecule has 0 bridgehead atoms. The number of hydrogen-bond acceptors (Lipinski definition) is 4. The van der Waals surface area contributed by atoms with Crippen molar-refractivity contribution < 1.29 is 22.7 Å². The summed E-state index contributed by atoms with van der Waals surface area (Å²) in [5, 5.41) is 15.2. The van der Waals surface area contributed by atoms with Crippen molar-refractivity contribution in [1.29, 1.82) is 0 Å². The zero-order valence-electron chi connectivity index (χ0n) is 23.5. The number of amides is 1. The Labute approximate surface area is 236 Å². The number of para-hydroxylation sites is 1. The number of fused-ring (bicyclic) bond motifs is 2. The molecule has 0 spiro atoms. The maximum absolute atomic E-state index is 13.5. The third kappa shape index (κ3) is 5.69. The summed E-state index contributed by atoms with van der Waals surface area (Å²) in [4.78, 5) is 16.3. The predicted octanol–water partition coefficient (Wildman–Crippen LogP) is 5.06. The zero-order valence-corrected chi connectivity index (χ0v) is 24.3. The van der Waals surface area contributed by atoms with Gasteiger partial charge < -0.3 is 15.4 Å². The number of nitrogens with one attached hydrogen (secondary N) is 3. The molecule has 216 valence electrons. The number of benzene rings is 2.